The van der Waals surface area contributed by atoms with Crippen LogP contribution < -0.4 is 10.6 Å². The molecule has 0 saturated heterocycles. The molecule has 1 aromatic rings. The molecule has 5 nitrogen and oxygen atoms in total. The molecule has 1 rings (SSSR count). The molecule has 0 aliphatic heterocycles. The molecule has 0 aliphatic rings. The van der Waals surface area contributed by atoms with Crippen molar-refractivity contribution in [2.75, 3.05) is 11.9 Å². The van der Waals surface area contributed by atoms with Crippen LogP contribution >= 0.6 is 12.2 Å². The number of carbonyl (C=O) groups is 2. The third-order valence-electron chi connectivity index (χ3n) is 3.08. The number of hydrogen-bond donors (Lipinski definition) is 2. The van der Waals surface area contributed by atoms with E-state index in [1.807, 2.05) is 6.92 Å². The smallest absolute Gasteiger partial charge is 0.338 e. The van der Waals surface area contributed by atoms with Crippen molar-refractivity contribution in [3.8, 4) is 0 Å². The Bertz CT molecular complexity index is 529. The predicted molar refractivity (Wildman–Crippen MR) is 95.5 cm³/mol. The molecule has 1 amide bonds. The number of thiocarbonyl (C=S) groups is 1. The number of benzene rings is 1. The molecular weight excluding hydrogens is 312 g/mol. The Morgan fingerprint density at radius 3 is 2.39 bits per heavy atom. The number of hydrogen-bond acceptors (Lipinski definition) is 4. The summed E-state index contributed by atoms with van der Waals surface area (Å²) in [5, 5.41) is 5.82. The lowest BCUT2D eigenvalue weighted by Gasteiger charge is -2.10. The van der Waals surface area contributed by atoms with Crippen molar-refractivity contribution in [3.63, 3.8) is 0 Å². The third-order valence-corrected chi connectivity index (χ3v) is 3.28. The molecule has 0 atom stereocenters. The van der Waals surface area contributed by atoms with Crippen molar-refractivity contribution in [2.45, 2.75) is 46.0 Å². The number of anilines is 1. The van der Waals surface area contributed by atoms with Crippen molar-refractivity contribution < 1.29 is 14.3 Å². The summed E-state index contributed by atoms with van der Waals surface area (Å²) in [6.07, 6.45) is 4.22. The largest absolute Gasteiger partial charge is 0.462 e. The van der Waals surface area contributed by atoms with Crippen molar-refractivity contribution in [1.82, 2.24) is 5.32 Å². The second-order valence-electron chi connectivity index (χ2n) is 5.17. The minimum absolute atomic E-state index is 0.0873. The second-order valence-corrected chi connectivity index (χ2v) is 5.58. The van der Waals surface area contributed by atoms with E-state index in [4.69, 9.17) is 17.0 Å². The van der Waals surface area contributed by atoms with Gasteiger partial charge in [0.1, 0.15) is 0 Å². The van der Waals surface area contributed by atoms with E-state index in [1.165, 1.54) is 0 Å². The third kappa shape index (κ3) is 7.74. The van der Waals surface area contributed by atoms with E-state index in [0.717, 1.165) is 25.7 Å². The molecule has 0 saturated carbocycles. The van der Waals surface area contributed by atoms with E-state index < -0.39 is 0 Å². The molecule has 2 N–H and O–H groups in total. The summed E-state index contributed by atoms with van der Waals surface area (Å²) in [5.74, 6) is -0.430. The maximum Gasteiger partial charge on any atom is 0.338 e. The van der Waals surface area contributed by atoms with Crippen LogP contribution in [0.1, 0.15) is 56.3 Å². The summed E-state index contributed by atoms with van der Waals surface area (Å²) in [7, 11) is 0. The van der Waals surface area contributed by atoms with Gasteiger partial charge in [-0.2, -0.15) is 0 Å². The standard InChI is InChI=1S/C17H24N2O3S/c1-3-5-6-7-15(20)19-17(23)18-14-10-8-13(9-11-14)16(21)22-12-4-2/h8-11H,3-7,12H2,1-2H3,(H2,18,19,20,23). The van der Waals surface area contributed by atoms with Gasteiger partial charge in [-0.05, 0) is 49.3 Å². The average molecular weight is 336 g/mol. The highest BCUT2D eigenvalue weighted by molar-refractivity contribution is 7.80. The Hall–Kier alpha value is -1.95. The topological polar surface area (TPSA) is 67.4 Å². The molecule has 0 spiro atoms. The van der Waals surface area contributed by atoms with Crippen LogP contribution in [-0.2, 0) is 9.53 Å². The highest BCUT2D eigenvalue weighted by Crippen LogP contribution is 2.11. The molecule has 0 aliphatic carbocycles. The molecular formula is C17H24N2O3S. The molecule has 0 radical (unpaired) electrons. The highest BCUT2D eigenvalue weighted by atomic mass is 32.1. The average Bonchev–Trinajstić information content (AvgIpc) is 2.53. The van der Waals surface area contributed by atoms with Gasteiger partial charge in [0, 0.05) is 12.1 Å². The van der Waals surface area contributed by atoms with Crippen molar-refractivity contribution in [2.24, 2.45) is 0 Å². The fraction of sp³-hybridized carbons (Fsp3) is 0.471. The lowest BCUT2D eigenvalue weighted by atomic mass is 10.2. The number of ether oxygens (including phenoxy) is 1. The zero-order valence-corrected chi connectivity index (χ0v) is 14.5. The van der Waals surface area contributed by atoms with Gasteiger partial charge in [0.25, 0.3) is 0 Å². The maximum atomic E-state index is 11.7. The molecule has 23 heavy (non-hydrogen) atoms. The summed E-state index contributed by atoms with van der Waals surface area (Å²) in [6, 6.07) is 6.76. The van der Waals surface area contributed by atoms with Gasteiger partial charge in [0.15, 0.2) is 5.11 Å². The van der Waals surface area contributed by atoms with Gasteiger partial charge >= 0.3 is 5.97 Å². The summed E-state index contributed by atoms with van der Waals surface area (Å²) in [5.41, 5.74) is 1.19. The molecule has 0 bridgehead atoms. The number of rotatable bonds is 8. The normalized spacial score (nSPS) is 10.0. The lowest BCUT2D eigenvalue weighted by molar-refractivity contribution is -0.119. The predicted octanol–water partition coefficient (Wildman–Crippen LogP) is 3.65. The SMILES string of the molecule is CCCCCC(=O)NC(=S)Nc1ccc(C(=O)OCCC)cc1. The molecule has 126 valence electrons. The van der Waals surface area contributed by atoms with Gasteiger partial charge < -0.3 is 15.4 Å². The Balaban J connectivity index is 2.43. The van der Waals surface area contributed by atoms with Crippen LogP contribution in [-0.4, -0.2) is 23.6 Å². The lowest BCUT2D eigenvalue weighted by Crippen LogP contribution is -2.33. The first-order chi connectivity index (χ1) is 11.1. The Morgan fingerprint density at radius 2 is 1.78 bits per heavy atom. The first-order valence-electron chi connectivity index (χ1n) is 7.94. The summed E-state index contributed by atoms with van der Waals surface area (Å²) < 4.78 is 5.06. The first kappa shape index (κ1) is 19.1. The second kappa shape index (κ2) is 10.7. The van der Waals surface area contributed by atoms with Crippen molar-refractivity contribution in [1.29, 1.82) is 0 Å². The summed E-state index contributed by atoms with van der Waals surface area (Å²) in [4.78, 5) is 23.3. The van der Waals surface area contributed by atoms with Gasteiger partial charge in [-0.1, -0.05) is 26.7 Å². The Kier molecular flexibility index (Phi) is 8.90. The van der Waals surface area contributed by atoms with E-state index in [9.17, 15) is 9.59 Å². The summed E-state index contributed by atoms with van der Waals surface area (Å²) in [6.45, 7) is 4.44. The fourth-order valence-corrected chi connectivity index (χ4v) is 2.09. The quantitative estimate of drug-likeness (QED) is 0.431. The van der Waals surface area contributed by atoms with Crippen LogP contribution in [0.3, 0.4) is 0 Å². The zero-order valence-electron chi connectivity index (χ0n) is 13.7. The van der Waals surface area contributed by atoms with Gasteiger partial charge in [0.05, 0.1) is 12.2 Å². The first-order valence-corrected chi connectivity index (χ1v) is 8.35. The van der Waals surface area contributed by atoms with Crippen LogP contribution in [0.4, 0.5) is 5.69 Å². The highest BCUT2D eigenvalue weighted by Gasteiger charge is 2.08. The summed E-state index contributed by atoms with van der Waals surface area (Å²) >= 11 is 5.10. The Labute approximate surface area is 142 Å². The molecule has 0 aromatic heterocycles. The maximum absolute atomic E-state index is 11.7. The van der Waals surface area contributed by atoms with Gasteiger partial charge in [-0.3, -0.25) is 4.79 Å². The number of unbranched alkanes of at least 4 members (excludes halogenated alkanes) is 2. The number of esters is 1. The minimum atomic E-state index is -0.342. The number of amides is 1. The van der Waals surface area contributed by atoms with Crippen LogP contribution in [0.15, 0.2) is 24.3 Å². The molecule has 0 heterocycles. The van der Waals surface area contributed by atoms with Crippen LogP contribution in [0.5, 0.6) is 0 Å². The van der Waals surface area contributed by atoms with Gasteiger partial charge in [0.2, 0.25) is 5.91 Å². The monoisotopic (exact) mass is 336 g/mol. The number of carbonyl (C=O) groups excluding carboxylic acids is 2. The van der Waals surface area contributed by atoms with E-state index in [1.54, 1.807) is 24.3 Å². The van der Waals surface area contributed by atoms with Gasteiger partial charge in [-0.15, -0.1) is 0 Å². The zero-order chi connectivity index (χ0) is 17.1. The number of nitrogens with one attached hydrogen (secondary N) is 2. The Morgan fingerprint density at radius 1 is 1.09 bits per heavy atom. The van der Waals surface area contributed by atoms with Gasteiger partial charge in [-0.25, -0.2) is 4.79 Å². The van der Waals surface area contributed by atoms with Crippen molar-refractivity contribution >= 4 is 34.9 Å². The molecule has 0 fully saturated rings. The minimum Gasteiger partial charge on any atom is -0.462 e. The van der Waals surface area contributed by atoms with E-state index in [2.05, 4.69) is 17.6 Å². The molecule has 1 aromatic carbocycles. The fourth-order valence-electron chi connectivity index (χ4n) is 1.85. The van der Waals surface area contributed by atoms with Crippen LogP contribution in [0, 0.1) is 0 Å². The van der Waals surface area contributed by atoms with Crippen LogP contribution in [0.2, 0.25) is 0 Å². The van der Waals surface area contributed by atoms with E-state index in [0.29, 0.717) is 24.3 Å². The molecule has 6 heteroatoms. The van der Waals surface area contributed by atoms with Crippen molar-refractivity contribution in [3.05, 3.63) is 29.8 Å². The van der Waals surface area contributed by atoms with Crippen LogP contribution in [0.25, 0.3) is 0 Å². The van der Waals surface area contributed by atoms with E-state index >= 15 is 0 Å². The van der Waals surface area contributed by atoms with E-state index in [-0.39, 0.29) is 17.0 Å². The molecule has 0 unspecified atom stereocenters.